The molecular weight excluding hydrogens is 196 g/mol. The molecule has 0 radical (unpaired) electrons. The Morgan fingerprint density at radius 1 is 1.38 bits per heavy atom. The van der Waals surface area contributed by atoms with Gasteiger partial charge in [-0.3, -0.25) is 0 Å². The zero-order valence-electron chi connectivity index (χ0n) is 6.57. The second kappa shape index (κ2) is 3.48. The van der Waals surface area contributed by atoms with Crippen LogP contribution >= 0.6 is 11.8 Å². The number of aromatic amines is 1. The number of carboxylic acid groups (broad SMARTS) is 2. The van der Waals surface area contributed by atoms with Gasteiger partial charge in [-0.15, -0.1) is 0 Å². The number of imidazole rings is 1. The number of aromatic carboxylic acids is 2. The fourth-order valence-electron chi connectivity index (χ4n) is 0.758. The molecule has 0 atom stereocenters. The highest BCUT2D eigenvalue weighted by atomic mass is 32.2. The number of aromatic nitrogens is 2. The highest BCUT2D eigenvalue weighted by Crippen LogP contribution is 2.14. The Balaban J connectivity index is 3.23. The molecule has 1 heterocycles. The molecule has 1 aromatic heterocycles. The van der Waals surface area contributed by atoms with Gasteiger partial charge in [0.25, 0.3) is 0 Å². The van der Waals surface area contributed by atoms with Crippen molar-refractivity contribution in [2.45, 2.75) is 5.16 Å². The lowest BCUT2D eigenvalue weighted by Gasteiger charge is -1.88. The van der Waals surface area contributed by atoms with E-state index in [1.165, 1.54) is 0 Å². The Kier molecular flexibility index (Phi) is 2.57. The Morgan fingerprint density at radius 2 is 2.00 bits per heavy atom. The molecule has 0 aromatic carbocycles. The van der Waals surface area contributed by atoms with Crippen LogP contribution in [0.4, 0.5) is 0 Å². The van der Waals surface area contributed by atoms with Crippen LogP contribution in [0.3, 0.4) is 0 Å². The molecule has 3 N–H and O–H groups in total. The van der Waals surface area contributed by atoms with Crippen LogP contribution in [0.5, 0.6) is 0 Å². The van der Waals surface area contributed by atoms with E-state index in [1.807, 2.05) is 0 Å². The highest BCUT2D eigenvalue weighted by molar-refractivity contribution is 7.98. The van der Waals surface area contributed by atoms with Gasteiger partial charge in [0.15, 0.2) is 16.5 Å². The number of H-pyrrole nitrogens is 1. The molecule has 0 spiro atoms. The Bertz CT molecular complexity index is 328. The third-order valence-electron chi connectivity index (χ3n) is 1.29. The summed E-state index contributed by atoms with van der Waals surface area (Å²) in [5.74, 6) is -2.68. The van der Waals surface area contributed by atoms with Gasteiger partial charge in [0.1, 0.15) is 0 Å². The molecular formula is C6H6N2O4S. The van der Waals surface area contributed by atoms with Crippen molar-refractivity contribution in [2.75, 3.05) is 6.26 Å². The van der Waals surface area contributed by atoms with Crippen LogP contribution in [0.25, 0.3) is 0 Å². The van der Waals surface area contributed by atoms with Crippen LogP contribution in [0, 0.1) is 0 Å². The minimum absolute atomic E-state index is 0.273. The van der Waals surface area contributed by atoms with E-state index >= 15 is 0 Å². The minimum Gasteiger partial charge on any atom is -0.477 e. The summed E-state index contributed by atoms with van der Waals surface area (Å²) in [7, 11) is 0. The van der Waals surface area contributed by atoms with Gasteiger partial charge in [-0.2, -0.15) is 0 Å². The molecule has 0 amide bonds. The van der Waals surface area contributed by atoms with Crippen molar-refractivity contribution in [1.29, 1.82) is 0 Å². The lowest BCUT2D eigenvalue weighted by atomic mass is 10.3. The second-order valence-corrected chi connectivity index (χ2v) is 2.87. The molecule has 0 bridgehead atoms. The fraction of sp³-hybridized carbons (Fsp3) is 0.167. The molecule has 0 aliphatic heterocycles. The quantitative estimate of drug-likeness (QED) is 0.617. The average molecular weight is 202 g/mol. The zero-order chi connectivity index (χ0) is 10.0. The minimum atomic E-state index is -1.35. The van der Waals surface area contributed by atoms with Crippen molar-refractivity contribution in [3.05, 3.63) is 11.4 Å². The zero-order valence-corrected chi connectivity index (χ0v) is 7.38. The topological polar surface area (TPSA) is 103 Å². The maximum atomic E-state index is 10.5. The molecule has 1 aromatic rings. The van der Waals surface area contributed by atoms with Gasteiger partial charge in [0.2, 0.25) is 0 Å². The maximum Gasteiger partial charge on any atom is 0.357 e. The standard InChI is InChI=1S/C6H6N2O4S/c1-13-6-7-2(4(9)10)3(8-6)5(11)12/h1H3,(H,7,8)(H,9,10)(H,11,12). The van der Waals surface area contributed by atoms with Crippen LogP contribution in [0.1, 0.15) is 21.0 Å². The van der Waals surface area contributed by atoms with Crippen molar-refractivity contribution < 1.29 is 19.8 Å². The van der Waals surface area contributed by atoms with E-state index in [0.29, 0.717) is 0 Å². The molecule has 7 heteroatoms. The van der Waals surface area contributed by atoms with E-state index < -0.39 is 23.3 Å². The highest BCUT2D eigenvalue weighted by Gasteiger charge is 2.21. The number of hydrogen-bond donors (Lipinski definition) is 3. The first-order valence-corrected chi connectivity index (χ1v) is 4.39. The first-order chi connectivity index (χ1) is 6.06. The summed E-state index contributed by atoms with van der Waals surface area (Å²) in [6.07, 6.45) is 1.66. The summed E-state index contributed by atoms with van der Waals surface area (Å²) in [6, 6.07) is 0. The average Bonchev–Trinajstić information content (AvgIpc) is 2.47. The fourth-order valence-corrected chi connectivity index (χ4v) is 1.14. The van der Waals surface area contributed by atoms with Crippen molar-refractivity contribution in [3.63, 3.8) is 0 Å². The third-order valence-corrected chi connectivity index (χ3v) is 1.87. The van der Waals surface area contributed by atoms with Crippen LogP contribution in [-0.4, -0.2) is 38.4 Å². The van der Waals surface area contributed by atoms with Crippen molar-refractivity contribution in [1.82, 2.24) is 9.97 Å². The largest absolute Gasteiger partial charge is 0.477 e. The number of nitrogens with zero attached hydrogens (tertiary/aromatic N) is 1. The summed E-state index contributed by atoms with van der Waals surface area (Å²) in [4.78, 5) is 27.0. The van der Waals surface area contributed by atoms with Gasteiger partial charge >= 0.3 is 11.9 Å². The summed E-state index contributed by atoms with van der Waals surface area (Å²) >= 11 is 1.15. The summed E-state index contributed by atoms with van der Waals surface area (Å²) in [5, 5.41) is 17.4. The summed E-state index contributed by atoms with van der Waals surface area (Å²) in [5.41, 5.74) is -0.853. The third kappa shape index (κ3) is 1.81. The smallest absolute Gasteiger partial charge is 0.357 e. The molecule has 0 unspecified atom stereocenters. The molecule has 0 saturated heterocycles. The van der Waals surface area contributed by atoms with Crippen LogP contribution in [-0.2, 0) is 0 Å². The van der Waals surface area contributed by atoms with Crippen LogP contribution in [0.15, 0.2) is 5.16 Å². The normalized spacial score (nSPS) is 9.92. The monoisotopic (exact) mass is 202 g/mol. The van der Waals surface area contributed by atoms with Gasteiger partial charge in [-0.1, -0.05) is 11.8 Å². The van der Waals surface area contributed by atoms with Crippen LogP contribution < -0.4 is 0 Å². The number of nitrogens with one attached hydrogen (secondary N) is 1. The number of carboxylic acids is 2. The van der Waals surface area contributed by atoms with E-state index in [1.54, 1.807) is 6.26 Å². The predicted molar refractivity (Wildman–Crippen MR) is 44.3 cm³/mol. The summed E-state index contributed by atoms with van der Waals surface area (Å²) < 4.78 is 0. The lowest BCUT2D eigenvalue weighted by molar-refractivity contribution is 0.0644. The number of carbonyl (C=O) groups is 2. The molecule has 0 saturated carbocycles. The molecule has 0 aliphatic rings. The Morgan fingerprint density at radius 3 is 2.31 bits per heavy atom. The van der Waals surface area contributed by atoms with Gasteiger partial charge in [0, 0.05) is 0 Å². The van der Waals surface area contributed by atoms with E-state index in [-0.39, 0.29) is 5.16 Å². The van der Waals surface area contributed by atoms with E-state index in [0.717, 1.165) is 11.8 Å². The van der Waals surface area contributed by atoms with E-state index in [9.17, 15) is 9.59 Å². The first-order valence-electron chi connectivity index (χ1n) is 3.17. The Hall–Kier alpha value is -1.50. The predicted octanol–water partition coefficient (Wildman–Crippen LogP) is 0.528. The van der Waals surface area contributed by atoms with E-state index in [2.05, 4.69) is 9.97 Å². The Labute approximate surface area is 77.0 Å². The molecule has 0 fully saturated rings. The van der Waals surface area contributed by atoms with Crippen molar-refractivity contribution in [2.24, 2.45) is 0 Å². The second-order valence-electron chi connectivity index (χ2n) is 2.08. The molecule has 13 heavy (non-hydrogen) atoms. The number of thioether (sulfide) groups is 1. The maximum absolute atomic E-state index is 10.5. The van der Waals surface area contributed by atoms with Crippen molar-refractivity contribution >= 4 is 23.7 Å². The molecule has 70 valence electrons. The van der Waals surface area contributed by atoms with Gasteiger partial charge < -0.3 is 15.2 Å². The lowest BCUT2D eigenvalue weighted by Crippen LogP contribution is -2.07. The first kappa shape index (κ1) is 9.59. The molecule has 1 rings (SSSR count). The molecule has 6 nitrogen and oxygen atoms in total. The van der Waals surface area contributed by atoms with Gasteiger partial charge in [-0.05, 0) is 6.26 Å². The molecule has 0 aliphatic carbocycles. The number of rotatable bonds is 3. The SMILES string of the molecule is CSc1nc(C(=O)O)c(C(=O)O)[nH]1. The van der Waals surface area contributed by atoms with Crippen LogP contribution in [0.2, 0.25) is 0 Å². The number of hydrogen-bond acceptors (Lipinski definition) is 4. The van der Waals surface area contributed by atoms with Gasteiger partial charge in [0.05, 0.1) is 0 Å². The van der Waals surface area contributed by atoms with Crippen molar-refractivity contribution in [3.8, 4) is 0 Å². The van der Waals surface area contributed by atoms with E-state index in [4.69, 9.17) is 10.2 Å². The summed E-state index contributed by atoms with van der Waals surface area (Å²) in [6.45, 7) is 0. The van der Waals surface area contributed by atoms with Gasteiger partial charge in [-0.25, -0.2) is 14.6 Å².